The van der Waals surface area contributed by atoms with E-state index in [0.29, 0.717) is 0 Å². The average molecular weight is 242 g/mol. The van der Waals surface area contributed by atoms with E-state index in [1.807, 2.05) is 0 Å². The van der Waals surface area contributed by atoms with Crippen molar-refractivity contribution in [1.29, 1.82) is 0 Å². The van der Waals surface area contributed by atoms with Crippen molar-refractivity contribution in [2.75, 3.05) is 24.5 Å². The van der Waals surface area contributed by atoms with Gasteiger partial charge in [0.05, 0.1) is 0 Å². The minimum absolute atomic E-state index is 0.797. The van der Waals surface area contributed by atoms with Gasteiger partial charge < -0.3 is 10.2 Å². The van der Waals surface area contributed by atoms with E-state index >= 15 is 0 Å². The fourth-order valence-electron chi connectivity index (χ4n) is 2.37. The molecule has 0 unspecified atom stereocenters. The van der Waals surface area contributed by atoms with E-state index < -0.39 is 0 Å². The van der Waals surface area contributed by atoms with Crippen LogP contribution in [-0.4, -0.2) is 19.6 Å². The highest BCUT2D eigenvalue weighted by Crippen LogP contribution is 2.20. The van der Waals surface area contributed by atoms with Crippen molar-refractivity contribution in [1.82, 2.24) is 5.32 Å². The Morgan fingerprint density at radius 3 is 2.50 bits per heavy atom. The summed E-state index contributed by atoms with van der Waals surface area (Å²) in [5, 5.41) is 3.35. The van der Waals surface area contributed by atoms with Crippen LogP contribution in [0.5, 0.6) is 0 Å². The summed E-state index contributed by atoms with van der Waals surface area (Å²) in [5.74, 6) is 2.64. The fourth-order valence-corrected chi connectivity index (χ4v) is 2.37. The van der Waals surface area contributed by atoms with Crippen molar-refractivity contribution >= 4 is 5.69 Å². The lowest BCUT2D eigenvalue weighted by Gasteiger charge is -2.28. The number of hydrogen-bond donors (Lipinski definition) is 1. The molecule has 0 saturated carbocycles. The molecule has 0 radical (unpaired) electrons. The maximum atomic E-state index is 5.21. The molecule has 1 fully saturated rings. The van der Waals surface area contributed by atoms with Gasteiger partial charge in [-0.25, -0.2) is 0 Å². The molecule has 2 rings (SSSR count). The Kier molecular flexibility index (Phi) is 5.11. The lowest BCUT2D eigenvalue weighted by molar-refractivity contribution is 0.578. The standard InChI is InChI=1S/C16H22N2/c1-2-3-11-17-14-15-7-9-16(10-8-15)18-12-5-4-6-13-18/h1,7-10,17H,3-6,11-14H2. The van der Waals surface area contributed by atoms with Gasteiger partial charge in [0.25, 0.3) is 0 Å². The number of hydrogen-bond acceptors (Lipinski definition) is 2. The molecule has 0 bridgehead atoms. The second kappa shape index (κ2) is 7.08. The van der Waals surface area contributed by atoms with Crippen LogP contribution in [0.4, 0.5) is 5.69 Å². The lowest BCUT2D eigenvalue weighted by atomic mass is 10.1. The lowest BCUT2D eigenvalue weighted by Crippen LogP contribution is -2.29. The number of piperidine rings is 1. The van der Waals surface area contributed by atoms with Crippen molar-refractivity contribution in [3.05, 3.63) is 29.8 Å². The summed E-state index contributed by atoms with van der Waals surface area (Å²) in [6, 6.07) is 8.91. The zero-order valence-corrected chi connectivity index (χ0v) is 11.0. The fraction of sp³-hybridized carbons (Fsp3) is 0.500. The molecule has 0 atom stereocenters. The van der Waals surface area contributed by atoms with Crippen molar-refractivity contribution in [3.63, 3.8) is 0 Å². The topological polar surface area (TPSA) is 15.3 Å². The smallest absolute Gasteiger partial charge is 0.0366 e. The molecule has 1 aromatic rings. The van der Waals surface area contributed by atoms with E-state index in [0.717, 1.165) is 19.5 Å². The molecular formula is C16H22N2. The summed E-state index contributed by atoms with van der Waals surface area (Å²) in [6.45, 7) is 4.21. The Labute approximate surface area is 110 Å². The van der Waals surface area contributed by atoms with Gasteiger partial charge in [-0.05, 0) is 37.0 Å². The molecule has 1 saturated heterocycles. The van der Waals surface area contributed by atoms with Gasteiger partial charge >= 0.3 is 0 Å². The number of rotatable bonds is 5. The van der Waals surface area contributed by atoms with Gasteiger partial charge in [0.1, 0.15) is 0 Å². The minimum Gasteiger partial charge on any atom is -0.372 e. The molecule has 2 heteroatoms. The van der Waals surface area contributed by atoms with E-state index in [-0.39, 0.29) is 0 Å². The second-order valence-corrected chi connectivity index (χ2v) is 4.85. The van der Waals surface area contributed by atoms with Crippen LogP contribution in [0.3, 0.4) is 0 Å². The van der Waals surface area contributed by atoms with Gasteiger partial charge in [0.2, 0.25) is 0 Å². The molecule has 1 N–H and O–H groups in total. The van der Waals surface area contributed by atoms with E-state index in [2.05, 4.69) is 40.4 Å². The van der Waals surface area contributed by atoms with Crippen LogP contribution in [0.25, 0.3) is 0 Å². The molecule has 0 aromatic heterocycles. The van der Waals surface area contributed by atoms with Gasteiger partial charge in [-0.1, -0.05) is 12.1 Å². The van der Waals surface area contributed by atoms with Crippen LogP contribution in [0.1, 0.15) is 31.2 Å². The van der Waals surface area contributed by atoms with Crippen LogP contribution < -0.4 is 10.2 Å². The Balaban J connectivity index is 1.83. The van der Waals surface area contributed by atoms with Crippen LogP contribution in [0, 0.1) is 12.3 Å². The molecule has 96 valence electrons. The Hall–Kier alpha value is -1.46. The monoisotopic (exact) mass is 242 g/mol. The zero-order valence-electron chi connectivity index (χ0n) is 11.0. The Morgan fingerprint density at radius 2 is 1.83 bits per heavy atom. The Morgan fingerprint density at radius 1 is 1.11 bits per heavy atom. The molecule has 18 heavy (non-hydrogen) atoms. The van der Waals surface area contributed by atoms with Gasteiger partial charge in [0, 0.05) is 38.3 Å². The number of benzene rings is 1. The molecule has 0 amide bonds. The summed E-state index contributed by atoms with van der Waals surface area (Å²) >= 11 is 0. The number of terminal acetylenes is 1. The number of anilines is 1. The summed E-state index contributed by atoms with van der Waals surface area (Å²) in [7, 11) is 0. The average Bonchev–Trinajstić information content (AvgIpc) is 2.45. The largest absolute Gasteiger partial charge is 0.372 e. The highest BCUT2D eigenvalue weighted by molar-refractivity contribution is 5.47. The summed E-state index contributed by atoms with van der Waals surface area (Å²) in [4.78, 5) is 2.49. The first kappa shape index (κ1) is 13.0. The van der Waals surface area contributed by atoms with Crippen LogP contribution >= 0.6 is 0 Å². The zero-order chi connectivity index (χ0) is 12.6. The van der Waals surface area contributed by atoms with Gasteiger partial charge in [-0.2, -0.15) is 0 Å². The minimum atomic E-state index is 0.797. The Bertz CT molecular complexity index is 383. The molecule has 1 aliphatic rings. The molecule has 1 heterocycles. The van der Waals surface area contributed by atoms with Crippen molar-refractivity contribution in [3.8, 4) is 12.3 Å². The van der Waals surface area contributed by atoms with Crippen molar-refractivity contribution in [2.45, 2.75) is 32.2 Å². The maximum Gasteiger partial charge on any atom is 0.0366 e. The quantitative estimate of drug-likeness (QED) is 0.631. The van der Waals surface area contributed by atoms with E-state index in [1.165, 1.54) is 43.6 Å². The van der Waals surface area contributed by atoms with Crippen LogP contribution in [0.15, 0.2) is 24.3 Å². The molecule has 1 aliphatic heterocycles. The summed E-state index contributed by atoms with van der Waals surface area (Å²) in [5.41, 5.74) is 2.69. The highest BCUT2D eigenvalue weighted by Gasteiger charge is 2.10. The highest BCUT2D eigenvalue weighted by atomic mass is 15.1. The van der Waals surface area contributed by atoms with Gasteiger partial charge in [-0.15, -0.1) is 12.3 Å². The van der Waals surface area contributed by atoms with E-state index in [1.54, 1.807) is 0 Å². The number of nitrogens with one attached hydrogen (secondary N) is 1. The van der Waals surface area contributed by atoms with E-state index in [4.69, 9.17) is 6.42 Å². The molecule has 1 aromatic carbocycles. The predicted molar refractivity (Wildman–Crippen MR) is 77.7 cm³/mol. The van der Waals surface area contributed by atoms with Crippen molar-refractivity contribution in [2.24, 2.45) is 0 Å². The molecule has 2 nitrogen and oxygen atoms in total. The van der Waals surface area contributed by atoms with Crippen LogP contribution in [-0.2, 0) is 6.54 Å². The molecular weight excluding hydrogens is 220 g/mol. The normalized spacial score (nSPS) is 15.4. The van der Waals surface area contributed by atoms with E-state index in [9.17, 15) is 0 Å². The van der Waals surface area contributed by atoms with Crippen molar-refractivity contribution < 1.29 is 0 Å². The molecule has 0 spiro atoms. The van der Waals surface area contributed by atoms with Gasteiger partial charge in [0.15, 0.2) is 0 Å². The second-order valence-electron chi connectivity index (χ2n) is 4.85. The third-order valence-electron chi connectivity index (χ3n) is 3.43. The summed E-state index contributed by atoms with van der Waals surface area (Å²) < 4.78 is 0. The molecule has 0 aliphatic carbocycles. The first-order valence-electron chi connectivity index (χ1n) is 6.88. The first-order valence-corrected chi connectivity index (χ1v) is 6.88. The summed E-state index contributed by atoms with van der Waals surface area (Å²) in [6.07, 6.45) is 10.1. The third kappa shape index (κ3) is 3.78. The van der Waals surface area contributed by atoms with Crippen LogP contribution in [0.2, 0.25) is 0 Å². The SMILES string of the molecule is C#CCCNCc1ccc(N2CCCCC2)cc1. The van der Waals surface area contributed by atoms with Gasteiger partial charge in [-0.3, -0.25) is 0 Å². The predicted octanol–water partition coefficient (Wildman–Crippen LogP) is 2.79. The maximum absolute atomic E-state index is 5.21. The number of nitrogens with zero attached hydrogens (tertiary/aromatic N) is 1. The first-order chi connectivity index (χ1) is 8.90. The third-order valence-corrected chi connectivity index (χ3v) is 3.43.